The highest BCUT2D eigenvalue weighted by molar-refractivity contribution is 6.06. The predicted octanol–water partition coefficient (Wildman–Crippen LogP) is 5.27. The van der Waals surface area contributed by atoms with Crippen molar-refractivity contribution in [2.45, 2.75) is 46.1 Å². The third-order valence-electron chi connectivity index (χ3n) is 6.47. The van der Waals surface area contributed by atoms with E-state index < -0.39 is 6.04 Å². The molecule has 0 unspecified atom stereocenters. The summed E-state index contributed by atoms with van der Waals surface area (Å²) in [6.07, 6.45) is 1.38. The molecule has 2 aliphatic rings. The van der Waals surface area contributed by atoms with E-state index in [0.29, 0.717) is 35.7 Å². The maximum absolute atomic E-state index is 13.7. The Morgan fingerprint density at radius 3 is 2.29 bits per heavy atom. The van der Waals surface area contributed by atoms with Crippen molar-refractivity contribution in [1.29, 1.82) is 0 Å². The summed E-state index contributed by atoms with van der Waals surface area (Å²) in [7, 11) is 4.66. The molecule has 4 rings (SSSR count). The van der Waals surface area contributed by atoms with E-state index in [1.165, 1.54) is 0 Å². The van der Waals surface area contributed by atoms with E-state index in [0.717, 1.165) is 22.6 Å². The lowest BCUT2D eigenvalue weighted by Gasteiger charge is -2.37. The van der Waals surface area contributed by atoms with Crippen LogP contribution in [0.1, 0.15) is 51.6 Å². The van der Waals surface area contributed by atoms with E-state index in [4.69, 9.17) is 14.2 Å². The Hall–Kier alpha value is -3.48. The van der Waals surface area contributed by atoms with Crippen LogP contribution in [0.2, 0.25) is 0 Å². The first kappa shape index (κ1) is 23.7. The molecule has 0 fully saturated rings. The van der Waals surface area contributed by atoms with Crippen LogP contribution >= 0.6 is 0 Å². The first-order chi connectivity index (χ1) is 16.2. The minimum Gasteiger partial charge on any atom is -0.493 e. The molecular formula is C27H32N2O5. The number of allylic oxidation sites excluding steroid dienone is 1. The molecule has 0 aromatic heterocycles. The van der Waals surface area contributed by atoms with E-state index in [1.54, 1.807) is 26.2 Å². The molecule has 1 N–H and O–H groups in total. The van der Waals surface area contributed by atoms with E-state index >= 15 is 0 Å². The summed E-state index contributed by atoms with van der Waals surface area (Å²) in [5.41, 5.74) is 3.51. The second kappa shape index (κ2) is 9.05. The monoisotopic (exact) mass is 464 g/mol. The number of para-hydroxylation sites is 2. The van der Waals surface area contributed by atoms with Crippen molar-refractivity contribution >= 4 is 23.1 Å². The van der Waals surface area contributed by atoms with Crippen LogP contribution in [-0.2, 0) is 9.59 Å². The number of carbonyl (C=O) groups excluding carboxylic acids is 2. The van der Waals surface area contributed by atoms with Gasteiger partial charge in [-0.05, 0) is 41.7 Å². The summed E-state index contributed by atoms with van der Waals surface area (Å²) in [6.45, 7) is 6.02. The zero-order chi connectivity index (χ0) is 24.6. The van der Waals surface area contributed by atoms with Crippen LogP contribution < -0.4 is 24.4 Å². The minimum absolute atomic E-state index is 0.0270. The van der Waals surface area contributed by atoms with Gasteiger partial charge in [-0.25, -0.2) is 0 Å². The fourth-order valence-corrected chi connectivity index (χ4v) is 5.01. The standard InChI is InChI=1S/C27H32N2O5/c1-7-23(31)29-19-11-9-8-10-17(19)28-18-14-27(2,3)15-20(30)24(18)25(29)16-12-21(32-4)26(34-6)22(13-16)33-5/h8-13,25,28H,7,14-15H2,1-6H3/t25-/m1/s1. The molecule has 0 bridgehead atoms. The number of methoxy groups -OCH3 is 3. The number of Topliss-reactive ketones (excluding diaryl/α,β-unsaturated/α-hetero) is 1. The van der Waals surface area contributed by atoms with Crippen molar-refractivity contribution in [3.05, 3.63) is 53.2 Å². The molecular weight excluding hydrogens is 432 g/mol. The number of hydrogen-bond donors (Lipinski definition) is 1. The van der Waals surface area contributed by atoms with Crippen molar-refractivity contribution in [2.24, 2.45) is 5.41 Å². The number of carbonyl (C=O) groups is 2. The molecule has 1 amide bonds. The number of hydrogen-bond acceptors (Lipinski definition) is 6. The number of anilines is 2. The summed E-state index contributed by atoms with van der Waals surface area (Å²) in [6, 6.07) is 10.7. The van der Waals surface area contributed by atoms with E-state index in [-0.39, 0.29) is 23.5 Å². The van der Waals surface area contributed by atoms with Gasteiger partial charge in [0.1, 0.15) is 0 Å². The smallest absolute Gasteiger partial charge is 0.227 e. The largest absolute Gasteiger partial charge is 0.493 e. The lowest BCUT2D eigenvalue weighted by molar-refractivity contribution is -0.119. The highest BCUT2D eigenvalue weighted by Crippen LogP contribution is 2.50. The summed E-state index contributed by atoms with van der Waals surface area (Å²) >= 11 is 0. The van der Waals surface area contributed by atoms with Crippen molar-refractivity contribution < 1.29 is 23.8 Å². The van der Waals surface area contributed by atoms with Gasteiger partial charge >= 0.3 is 0 Å². The quantitative estimate of drug-likeness (QED) is 0.650. The maximum atomic E-state index is 13.7. The molecule has 2 aromatic rings. The van der Waals surface area contributed by atoms with Gasteiger partial charge in [0, 0.05) is 24.1 Å². The molecule has 7 heteroatoms. The van der Waals surface area contributed by atoms with E-state index in [9.17, 15) is 9.59 Å². The molecule has 0 spiro atoms. The van der Waals surface area contributed by atoms with Crippen LogP contribution in [0, 0.1) is 5.41 Å². The third-order valence-corrected chi connectivity index (χ3v) is 6.47. The number of rotatable bonds is 5. The Kier molecular flexibility index (Phi) is 6.30. The second-order valence-corrected chi connectivity index (χ2v) is 9.45. The van der Waals surface area contributed by atoms with Crippen molar-refractivity contribution in [1.82, 2.24) is 0 Å². The van der Waals surface area contributed by atoms with Gasteiger partial charge in [-0.15, -0.1) is 0 Å². The number of nitrogens with one attached hydrogen (secondary N) is 1. The molecule has 1 heterocycles. The molecule has 180 valence electrons. The molecule has 7 nitrogen and oxygen atoms in total. The Labute approximate surface area is 200 Å². The molecule has 1 atom stereocenters. The topological polar surface area (TPSA) is 77.1 Å². The van der Waals surface area contributed by atoms with Crippen molar-refractivity contribution in [3.63, 3.8) is 0 Å². The van der Waals surface area contributed by atoms with Gasteiger partial charge in [0.05, 0.1) is 38.7 Å². The third kappa shape index (κ3) is 4.00. The first-order valence-corrected chi connectivity index (χ1v) is 11.5. The van der Waals surface area contributed by atoms with Gasteiger partial charge in [-0.2, -0.15) is 0 Å². The molecule has 0 saturated heterocycles. The fraction of sp³-hybridized carbons (Fsp3) is 0.407. The molecule has 0 saturated carbocycles. The molecule has 0 radical (unpaired) electrons. The van der Waals surface area contributed by atoms with Crippen LogP contribution in [0.3, 0.4) is 0 Å². The highest BCUT2D eigenvalue weighted by atomic mass is 16.5. The summed E-state index contributed by atoms with van der Waals surface area (Å²) < 4.78 is 16.7. The van der Waals surface area contributed by atoms with E-state index in [2.05, 4.69) is 19.2 Å². The van der Waals surface area contributed by atoms with Gasteiger partial charge in [-0.1, -0.05) is 32.9 Å². The average molecular weight is 465 g/mol. The molecule has 2 aromatic carbocycles. The lowest BCUT2D eigenvalue weighted by Crippen LogP contribution is -2.39. The summed E-state index contributed by atoms with van der Waals surface area (Å²) in [4.78, 5) is 28.9. The zero-order valence-corrected chi connectivity index (χ0v) is 20.7. The Morgan fingerprint density at radius 1 is 1.06 bits per heavy atom. The van der Waals surface area contributed by atoms with Gasteiger partial charge in [0.15, 0.2) is 17.3 Å². The second-order valence-electron chi connectivity index (χ2n) is 9.45. The lowest BCUT2D eigenvalue weighted by atomic mass is 9.73. The summed E-state index contributed by atoms with van der Waals surface area (Å²) in [5, 5.41) is 3.51. The Bertz CT molecular complexity index is 1140. The normalized spacial score (nSPS) is 18.9. The fourth-order valence-electron chi connectivity index (χ4n) is 5.01. The number of ketones is 1. The number of nitrogens with zero attached hydrogens (tertiary/aromatic N) is 1. The molecule has 34 heavy (non-hydrogen) atoms. The zero-order valence-electron chi connectivity index (χ0n) is 20.7. The Balaban J connectivity index is 2.06. The average Bonchev–Trinajstić information content (AvgIpc) is 2.96. The van der Waals surface area contributed by atoms with Crippen LogP contribution in [-0.4, -0.2) is 33.0 Å². The number of ether oxygens (including phenoxy) is 3. The SMILES string of the molecule is CCC(=O)N1c2ccccc2NC2=C(C(=O)CC(C)(C)C2)[C@H]1c1cc(OC)c(OC)c(OC)c1. The van der Waals surface area contributed by atoms with Gasteiger partial charge in [0.2, 0.25) is 11.7 Å². The van der Waals surface area contributed by atoms with Crippen LogP contribution in [0.25, 0.3) is 0 Å². The van der Waals surface area contributed by atoms with Crippen molar-refractivity contribution in [3.8, 4) is 17.2 Å². The van der Waals surface area contributed by atoms with E-state index in [1.807, 2.05) is 43.3 Å². The van der Waals surface area contributed by atoms with Crippen LogP contribution in [0.5, 0.6) is 17.2 Å². The van der Waals surface area contributed by atoms with Gasteiger partial charge < -0.3 is 19.5 Å². The predicted molar refractivity (Wildman–Crippen MR) is 132 cm³/mol. The first-order valence-electron chi connectivity index (χ1n) is 11.5. The maximum Gasteiger partial charge on any atom is 0.227 e. The van der Waals surface area contributed by atoms with Crippen LogP contribution in [0.15, 0.2) is 47.7 Å². The van der Waals surface area contributed by atoms with Gasteiger partial charge in [-0.3, -0.25) is 14.5 Å². The molecule has 1 aliphatic carbocycles. The summed E-state index contributed by atoms with van der Waals surface area (Å²) in [5.74, 6) is 1.34. The van der Waals surface area contributed by atoms with Crippen molar-refractivity contribution in [2.75, 3.05) is 31.5 Å². The van der Waals surface area contributed by atoms with Gasteiger partial charge in [0.25, 0.3) is 0 Å². The van der Waals surface area contributed by atoms with Crippen LogP contribution in [0.4, 0.5) is 11.4 Å². The number of fused-ring (bicyclic) bond motifs is 1. The Morgan fingerprint density at radius 2 is 1.71 bits per heavy atom. The molecule has 1 aliphatic heterocycles. The highest BCUT2D eigenvalue weighted by Gasteiger charge is 2.43. The minimum atomic E-state index is -0.643. The number of amides is 1. The number of benzene rings is 2.